The van der Waals surface area contributed by atoms with Crippen LogP contribution >= 0.6 is 0 Å². The number of aromatic nitrogens is 2. The number of hydrogen-bond acceptors (Lipinski definition) is 5. The van der Waals surface area contributed by atoms with E-state index in [9.17, 15) is 10.1 Å². The molecule has 2 aromatic rings. The number of nitrogens with one attached hydrogen (secondary N) is 2. The minimum Gasteiger partial charge on any atom is -0.378 e. The lowest BCUT2D eigenvalue weighted by Gasteiger charge is -2.20. The van der Waals surface area contributed by atoms with Gasteiger partial charge in [-0.3, -0.25) is 4.79 Å². The molecule has 7 nitrogen and oxygen atoms in total. The van der Waals surface area contributed by atoms with E-state index in [2.05, 4.69) is 28.3 Å². The van der Waals surface area contributed by atoms with Gasteiger partial charge in [0.05, 0.1) is 17.3 Å². The molecule has 2 N–H and O–H groups in total. The van der Waals surface area contributed by atoms with E-state index >= 15 is 0 Å². The van der Waals surface area contributed by atoms with Crippen LogP contribution in [0.3, 0.4) is 0 Å². The molecule has 0 spiro atoms. The van der Waals surface area contributed by atoms with Crippen molar-refractivity contribution in [2.24, 2.45) is 5.92 Å². The number of likely N-dealkylation sites (tertiary alicyclic amines) is 1. The Hall–Kier alpha value is -3.06. The second-order valence-electron chi connectivity index (χ2n) is 5.95. The monoisotopic (exact) mass is 322 g/mol. The molecule has 1 fully saturated rings. The van der Waals surface area contributed by atoms with Gasteiger partial charge >= 0.3 is 0 Å². The van der Waals surface area contributed by atoms with Crippen molar-refractivity contribution in [1.82, 2.24) is 14.9 Å². The fraction of sp³-hybridized carbons (Fsp3) is 0.412. The summed E-state index contributed by atoms with van der Waals surface area (Å²) in [5, 5.41) is 22.4. The lowest BCUT2D eigenvalue weighted by atomic mass is 10.00. The van der Waals surface area contributed by atoms with Gasteiger partial charge in [0.15, 0.2) is 0 Å². The van der Waals surface area contributed by atoms with Crippen LogP contribution in [0.25, 0.3) is 11.0 Å². The number of carbonyl (C=O) groups excluding carboxylic acids is 1. The molecule has 122 valence electrons. The van der Waals surface area contributed by atoms with Gasteiger partial charge in [0.2, 0.25) is 5.91 Å². The van der Waals surface area contributed by atoms with E-state index in [1.54, 1.807) is 17.3 Å². The number of amides is 1. The zero-order valence-corrected chi connectivity index (χ0v) is 13.4. The van der Waals surface area contributed by atoms with Crippen molar-refractivity contribution in [2.75, 3.05) is 18.4 Å². The maximum Gasteiger partial charge on any atom is 0.236 e. The third-order valence-electron chi connectivity index (χ3n) is 4.59. The molecule has 1 aliphatic rings. The van der Waals surface area contributed by atoms with Crippen molar-refractivity contribution >= 4 is 22.6 Å². The standard InChI is InChI=1S/C17H18N6O/c1-2-11-9-23(15(24)3-5-18)10-14(11)22-16-12(7-19)8-21-17-13(16)4-6-20-17/h4,6,8,11,14H,2-3,9-10H2,1H3,(H2,20,21,22). The lowest BCUT2D eigenvalue weighted by molar-refractivity contribution is -0.129. The summed E-state index contributed by atoms with van der Waals surface area (Å²) in [5.41, 5.74) is 1.96. The summed E-state index contributed by atoms with van der Waals surface area (Å²) in [6.07, 6.45) is 4.16. The van der Waals surface area contributed by atoms with Crippen molar-refractivity contribution in [2.45, 2.75) is 25.8 Å². The first-order valence-corrected chi connectivity index (χ1v) is 7.95. The van der Waals surface area contributed by atoms with Crippen molar-refractivity contribution in [3.05, 3.63) is 24.0 Å². The molecule has 2 atom stereocenters. The minimum atomic E-state index is -0.137. The van der Waals surface area contributed by atoms with Gasteiger partial charge in [-0.25, -0.2) is 4.98 Å². The van der Waals surface area contributed by atoms with E-state index in [1.165, 1.54) is 0 Å². The highest BCUT2D eigenvalue weighted by atomic mass is 16.2. The molecule has 2 aromatic heterocycles. The van der Waals surface area contributed by atoms with E-state index in [-0.39, 0.29) is 24.3 Å². The van der Waals surface area contributed by atoms with Crippen molar-refractivity contribution in [1.29, 1.82) is 10.5 Å². The maximum atomic E-state index is 12.0. The molecule has 0 aromatic carbocycles. The summed E-state index contributed by atoms with van der Waals surface area (Å²) in [7, 11) is 0. The van der Waals surface area contributed by atoms with Crippen molar-refractivity contribution in [3.63, 3.8) is 0 Å². The number of rotatable bonds is 4. The summed E-state index contributed by atoms with van der Waals surface area (Å²) in [6, 6.07) is 6.03. The van der Waals surface area contributed by atoms with Gasteiger partial charge in [-0.05, 0) is 18.4 Å². The molecule has 1 amide bonds. The zero-order valence-electron chi connectivity index (χ0n) is 13.4. The summed E-state index contributed by atoms with van der Waals surface area (Å²) in [5.74, 6) is 0.142. The van der Waals surface area contributed by atoms with Crippen LogP contribution in [-0.2, 0) is 4.79 Å². The smallest absolute Gasteiger partial charge is 0.236 e. The van der Waals surface area contributed by atoms with Crippen LogP contribution in [0.15, 0.2) is 18.5 Å². The average Bonchev–Trinajstić information content (AvgIpc) is 3.21. The van der Waals surface area contributed by atoms with E-state index in [4.69, 9.17) is 5.26 Å². The van der Waals surface area contributed by atoms with Gasteiger partial charge in [0.25, 0.3) is 0 Å². The molecule has 1 aliphatic heterocycles. The van der Waals surface area contributed by atoms with Gasteiger partial charge in [-0.1, -0.05) is 6.92 Å². The Kier molecular flexibility index (Phi) is 4.35. The first-order chi connectivity index (χ1) is 11.7. The minimum absolute atomic E-state index is 0.0465. The van der Waals surface area contributed by atoms with E-state index in [0.717, 1.165) is 23.1 Å². The highest BCUT2D eigenvalue weighted by Gasteiger charge is 2.34. The molecule has 3 heterocycles. The Morgan fingerprint density at radius 3 is 3.04 bits per heavy atom. The molecule has 2 unspecified atom stereocenters. The number of pyridine rings is 1. The van der Waals surface area contributed by atoms with Gasteiger partial charge in [0.1, 0.15) is 18.1 Å². The molecule has 0 radical (unpaired) electrons. The SMILES string of the molecule is CCC1CN(C(=O)CC#N)CC1Nc1c(C#N)cnc2[nH]ccc12. The van der Waals surface area contributed by atoms with Crippen LogP contribution < -0.4 is 5.32 Å². The second kappa shape index (κ2) is 6.59. The summed E-state index contributed by atoms with van der Waals surface area (Å²) < 4.78 is 0. The van der Waals surface area contributed by atoms with Gasteiger partial charge in [-0.2, -0.15) is 10.5 Å². The zero-order chi connectivity index (χ0) is 17.1. The summed E-state index contributed by atoms with van der Waals surface area (Å²) in [6.45, 7) is 3.26. The number of nitriles is 2. The molecular formula is C17H18N6O. The second-order valence-corrected chi connectivity index (χ2v) is 5.95. The highest BCUT2D eigenvalue weighted by Crippen LogP contribution is 2.30. The molecule has 1 saturated heterocycles. The fourth-order valence-electron chi connectivity index (χ4n) is 3.27. The van der Waals surface area contributed by atoms with E-state index in [0.29, 0.717) is 18.7 Å². The van der Waals surface area contributed by atoms with Crippen LogP contribution in [0.4, 0.5) is 5.69 Å². The average molecular weight is 322 g/mol. The van der Waals surface area contributed by atoms with Gasteiger partial charge in [-0.15, -0.1) is 0 Å². The number of hydrogen-bond donors (Lipinski definition) is 2. The van der Waals surface area contributed by atoms with Crippen molar-refractivity contribution < 1.29 is 4.79 Å². The molecule has 0 saturated carbocycles. The third-order valence-corrected chi connectivity index (χ3v) is 4.59. The van der Waals surface area contributed by atoms with Gasteiger partial charge < -0.3 is 15.2 Å². The molecule has 0 aliphatic carbocycles. The van der Waals surface area contributed by atoms with Crippen LogP contribution in [0.5, 0.6) is 0 Å². The quantitative estimate of drug-likeness (QED) is 0.895. The number of aromatic amines is 1. The Morgan fingerprint density at radius 1 is 1.50 bits per heavy atom. The molecule has 24 heavy (non-hydrogen) atoms. The Labute approximate surface area is 139 Å². The molecule has 7 heteroatoms. The lowest BCUT2D eigenvalue weighted by Crippen LogP contribution is -2.31. The number of fused-ring (bicyclic) bond motifs is 1. The Bertz CT molecular complexity index is 843. The predicted octanol–water partition coefficient (Wildman–Crippen LogP) is 2.00. The van der Waals surface area contributed by atoms with Gasteiger partial charge in [0, 0.05) is 36.9 Å². The summed E-state index contributed by atoms with van der Waals surface area (Å²) >= 11 is 0. The number of H-pyrrole nitrogens is 1. The normalized spacial score (nSPS) is 19.9. The molecular weight excluding hydrogens is 304 g/mol. The fourth-order valence-corrected chi connectivity index (χ4v) is 3.27. The molecule has 3 rings (SSSR count). The van der Waals surface area contributed by atoms with Crippen LogP contribution in [0, 0.1) is 28.6 Å². The summed E-state index contributed by atoms with van der Waals surface area (Å²) in [4.78, 5) is 21.0. The highest BCUT2D eigenvalue weighted by molar-refractivity contribution is 5.92. The van der Waals surface area contributed by atoms with Crippen LogP contribution in [-0.4, -0.2) is 39.9 Å². The Balaban J connectivity index is 1.88. The van der Waals surface area contributed by atoms with Crippen LogP contribution in [0.2, 0.25) is 0 Å². The number of carbonyl (C=O) groups is 1. The topological polar surface area (TPSA) is 109 Å². The van der Waals surface area contributed by atoms with E-state index < -0.39 is 0 Å². The Morgan fingerprint density at radius 2 is 2.33 bits per heavy atom. The number of anilines is 1. The molecule has 0 bridgehead atoms. The third kappa shape index (κ3) is 2.77. The van der Waals surface area contributed by atoms with E-state index in [1.807, 2.05) is 12.1 Å². The maximum absolute atomic E-state index is 12.0. The van der Waals surface area contributed by atoms with Crippen LogP contribution in [0.1, 0.15) is 25.3 Å². The first-order valence-electron chi connectivity index (χ1n) is 7.95. The van der Waals surface area contributed by atoms with Crippen molar-refractivity contribution in [3.8, 4) is 12.1 Å². The largest absolute Gasteiger partial charge is 0.378 e. The number of nitrogens with zero attached hydrogens (tertiary/aromatic N) is 4. The first kappa shape index (κ1) is 15.8. The predicted molar refractivity (Wildman–Crippen MR) is 88.8 cm³/mol.